The molecule has 4 atom stereocenters. The van der Waals surface area contributed by atoms with Crippen LogP contribution in [0.2, 0.25) is 0 Å². The van der Waals surface area contributed by atoms with Gasteiger partial charge in [-0.3, -0.25) is 14.4 Å². The molecule has 0 aromatic rings. The molecule has 6 heteroatoms. The molecule has 1 fully saturated rings. The molecule has 0 aliphatic heterocycles. The van der Waals surface area contributed by atoms with E-state index in [2.05, 4.69) is 19.2 Å². The van der Waals surface area contributed by atoms with E-state index in [1.807, 2.05) is 0 Å². The summed E-state index contributed by atoms with van der Waals surface area (Å²) < 4.78 is 0. The normalized spacial score (nSPS) is 25.9. The van der Waals surface area contributed by atoms with E-state index in [0.29, 0.717) is 18.8 Å². The van der Waals surface area contributed by atoms with Crippen molar-refractivity contribution in [3.63, 3.8) is 0 Å². The predicted molar refractivity (Wildman–Crippen MR) is 81.3 cm³/mol. The van der Waals surface area contributed by atoms with E-state index in [1.54, 1.807) is 0 Å². The van der Waals surface area contributed by atoms with Crippen LogP contribution in [0.25, 0.3) is 0 Å². The lowest BCUT2D eigenvalue weighted by Gasteiger charge is -2.30. The predicted octanol–water partition coefficient (Wildman–Crippen LogP) is 2.13. The van der Waals surface area contributed by atoms with Crippen LogP contribution in [0, 0.1) is 23.7 Å². The zero-order valence-electron chi connectivity index (χ0n) is 13.5. The number of hydrogen-bond acceptors (Lipinski definition) is 3. The number of carboxylic acids is 2. The average Bonchev–Trinajstić information content (AvgIpc) is 2.88. The maximum absolute atomic E-state index is 11.5. The first-order chi connectivity index (χ1) is 10.3. The number of nitrogens with one attached hydrogen (secondary N) is 1. The van der Waals surface area contributed by atoms with Gasteiger partial charge >= 0.3 is 11.9 Å². The van der Waals surface area contributed by atoms with Gasteiger partial charge < -0.3 is 15.5 Å². The van der Waals surface area contributed by atoms with E-state index in [4.69, 9.17) is 0 Å². The van der Waals surface area contributed by atoms with Crippen LogP contribution in [0.4, 0.5) is 0 Å². The van der Waals surface area contributed by atoms with Gasteiger partial charge in [0.15, 0.2) is 0 Å². The van der Waals surface area contributed by atoms with Crippen LogP contribution in [0.15, 0.2) is 0 Å². The lowest BCUT2D eigenvalue weighted by Crippen LogP contribution is -2.43. The second kappa shape index (κ2) is 8.15. The van der Waals surface area contributed by atoms with Gasteiger partial charge in [0.2, 0.25) is 5.91 Å². The van der Waals surface area contributed by atoms with Crippen molar-refractivity contribution >= 4 is 17.8 Å². The van der Waals surface area contributed by atoms with Gasteiger partial charge in [0.05, 0.1) is 11.8 Å². The van der Waals surface area contributed by atoms with Gasteiger partial charge in [0, 0.05) is 13.0 Å². The Bertz CT molecular complexity index is 419. The summed E-state index contributed by atoms with van der Waals surface area (Å²) >= 11 is 0. The molecule has 1 amide bonds. The summed E-state index contributed by atoms with van der Waals surface area (Å²) in [6.45, 7) is 5.56. The van der Waals surface area contributed by atoms with Crippen molar-refractivity contribution in [2.75, 3.05) is 0 Å². The third-order valence-corrected chi connectivity index (χ3v) is 4.93. The maximum Gasteiger partial charge on any atom is 0.306 e. The zero-order chi connectivity index (χ0) is 16.9. The minimum absolute atomic E-state index is 0.147. The van der Waals surface area contributed by atoms with E-state index in [1.165, 1.54) is 6.92 Å². The van der Waals surface area contributed by atoms with Crippen molar-refractivity contribution in [2.24, 2.45) is 23.7 Å². The molecule has 6 nitrogen and oxygen atoms in total. The number of carbonyl (C=O) groups excluding carboxylic acids is 1. The molecule has 1 aliphatic rings. The van der Waals surface area contributed by atoms with Crippen LogP contribution in [-0.4, -0.2) is 34.1 Å². The smallest absolute Gasteiger partial charge is 0.306 e. The standard InChI is InChI=1S/C16H27NO5/c1-4-10(5-2)6-14(17-9(3)18)12-7-11(15(19)20)8-13(12)16(21)22/h10-14H,4-8H2,1-3H3,(H,17,18)(H,19,20)(H,21,22)/t11-,12-,13-,14+/m1/s1. The SMILES string of the molecule is CCC(CC)C[C@H](NC(C)=O)[C@@H]1C[C@@H](C(=O)O)C[C@H]1C(=O)O. The Morgan fingerprint density at radius 3 is 2.09 bits per heavy atom. The van der Waals surface area contributed by atoms with E-state index in [9.17, 15) is 24.6 Å². The molecular weight excluding hydrogens is 286 g/mol. The number of carboxylic acid groups (broad SMARTS) is 2. The van der Waals surface area contributed by atoms with E-state index in [-0.39, 0.29) is 24.3 Å². The van der Waals surface area contributed by atoms with E-state index in [0.717, 1.165) is 12.8 Å². The zero-order valence-corrected chi connectivity index (χ0v) is 13.5. The molecule has 1 saturated carbocycles. The van der Waals surface area contributed by atoms with Crippen molar-refractivity contribution < 1.29 is 24.6 Å². The van der Waals surface area contributed by atoms with Crippen molar-refractivity contribution in [2.45, 2.75) is 58.9 Å². The highest BCUT2D eigenvalue weighted by Gasteiger charge is 2.45. The maximum atomic E-state index is 11.5. The first-order valence-electron chi connectivity index (χ1n) is 8.02. The molecule has 1 rings (SSSR count). The molecule has 0 heterocycles. The fourth-order valence-corrected chi connectivity index (χ4v) is 3.58. The third-order valence-electron chi connectivity index (χ3n) is 4.93. The second-order valence-electron chi connectivity index (χ2n) is 6.34. The highest BCUT2D eigenvalue weighted by Crippen LogP contribution is 2.40. The highest BCUT2D eigenvalue weighted by atomic mass is 16.4. The summed E-state index contributed by atoms with van der Waals surface area (Å²) in [5, 5.41) is 21.5. The first kappa shape index (κ1) is 18.5. The summed E-state index contributed by atoms with van der Waals surface area (Å²) in [6.07, 6.45) is 3.08. The van der Waals surface area contributed by atoms with Crippen molar-refractivity contribution in [1.29, 1.82) is 0 Å². The van der Waals surface area contributed by atoms with Gasteiger partial charge in [0.25, 0.3) is 0 Å². The molecule has 22 heavy (non-hydrogen) atoms. The fraction of sp³-hybridized carbons (Fsp3) is 0.812. The lowest BCUT2D eigenvalue weighted by atomic mass is 9.82. The summed E-state index contributed by atoms with van der Waals surface area (Å²) in [7, 11) is 0. The molecule has 126 valence electrons. The second-order valence-corrected chi connectivity index (χ2v) is 6.34. The van der Waals surface area contributed by atoms with Gasteiger partial charge in [-0.2, -0.15) is 0 Å². The van der Waals surface area contributed by atoms with Gasteiger partial charge in [-0.1, -0.05) is 26.7 Å². The van der Waals surface area contributed by atoms with Crippen molar-refractivity contribution in [3.8, 4) is 0 Å². The fourth-order valence-electron chi connectivity index (χ4n) is 3.58. The molecule has 0 spiro atoms. The molecular formula is C16H27NO5. The first-order valence-corrected chi connectivity index (χ1v) is 8.02. The van der Waals surface area contributed by atoms with Crippen molar-refractivity contribution in [3.05, 3.63) is 0 Å². The number of carbonyl (C=O) groups is 3. The summed E-state index contributed by atoms with van der Waals surface area (Å²) in [5.74, 6) is -3.36. The number of hydrogen-bond donors (Lipinski definition) is 3. The molecule has 3 N–H and O–H groups in total. The number of amides is 1. The van der Waals surface area contributed by atoms with Crippen LogP contribution in [0.5, 0.6) is 0 Å². The monoisotopic (exact) mass is 313 g/mol. The number of aliphatic carboxylic acids is 2. The highest BCUT2D eigenvalue weighted by molar-refractivity contribution is 5.76. The Labute approximate surface area is 131 Å². The largest absolute Gasteiger partial charge is 0.481 e. The molecule has 0 radical (unpaired) electrons. The molecule has 0 aromatic carbocycles. The Morgan fingerprint density at radius 1 is 1.09 bits per heavy atom. The van der Waals surface area contributed by atoms with Crippen LogP contribution < -0.4 is 5.32 Å². The minimum Gasteiger partial charge on any atom is -0.481 e. The minimum atomic E-state index is -0.964. The van der Waals surface area contributed by atoms with Crippen LogP contribution in [0.3, 0.4) is 0 Å². The Kier molecular flexibility index (Phi) is 6.84. The lowest BCUT2D eigenvalue weighted by molar-refractivity contribution is -0.144. The quantitative estimate of drug-likeness (QED) is 0.637. The van der Waals surface area contributed by atoms with Crippen molar-refractivity contribution in [1.82, 2.24) is 5.32 Å². The molecule has 0 aromatic heterocycles. The van der Waals surface area contributed by atoms with Gasteiger partial charge in [-0.15, -0.1) is 0 Å². The molecule has 0 bridgehead atoms. The number of rotatable bonds is 8. The third kappa shape index (κ3) is 4.71. The van der Waals surface area contributed by atoms with Crippen LogP contribution >= 0.6 is 0 Å². The summed E-state index contributed by atoms with van der Waals surface area (Å²) in [5.41, 5.74) is 0. The molecule has 1 aliphatic carbocycles. The van der Waals surface area contributed by atoms with E-state index < -0.39 is 23.8 Å². The average molecular weight is 313 g/mol. The van der Waals surface area contributed by atoms with Gasteiger partial charge in [0.1, 0.15) is 0 Å². The van der Waals surface area contributed by atoms with Gasteiger partial charge in [-0.25, -0.2) is 0 Å². The topological polar surface area (TPSA) is 104 Å². The molecule has 0 saturated heterocycles. The molecule has 0 unspecified atom stereocenters. The summed E-state index contributed by atoms with van der Waals surface area (Å²) in [6, 6.07) is -0.271. The van der Waals surface area contributed by atoms with Crippen LogP contribution in [0.1, 0.15) is 52.9 Å². The van der Waals surface area contributed by atoms with E-state index >= 15 is 0 Å². The Morgan fingerprint density at radius 2 is 1.68 bits per heavy atom. The van der Waals surface area contributed by atoms with Crippen LogP contribution in [-0.2, 0) is 14.4 Å². The Hall–Kier alpha value is -1.59. The van der Waals surface area contributed by atoms with Gasteiger partial charge in [-0.05, 0) is 31.1 Å². The summed E-state index contributed by atoms with van der Waals surface area (Å²) in [4.78, 5) is 34.2. The Balaban J connectivity index is 2.96.